The molecule has 0 radical (unpaired) electrons. The lowest BCUT2D eigenvalue weighted by Crippen LogP contribution is -2.45. The summed E-state index contributed by atoms with van der Waals surface area (Å²) < 4.78 is 0. The van der Waals surface area contributed by atoms with Gasteiger partial charge in [0.1, 0.15) is 6.04 Å². The summed E-state index contributed by atoms with van der Waals surface area (Å²) >= 11 is 0. The van der Waals surface area contributed by atoms with Crippen LogP contribution in [0.3, 0.4) is 0 Å². The van der Waals surface area contributed by atoms with Crippen LogP contribution in [0.25, 0.3) is 0 Å². The minimum absolute atomic E-state index is 0.0419. The Labute approximate surface area is 120 Å². The number of rotatable bonds is 8. The Bertz CT molecular complexity index is 494. The summed E-state index contributed by atoms with van der Waals surface area (Å²) in [4.78, 5) is 32.9. The van der Waals surface area contributed by atoms with Crippen LogP contribution in [0, 0.1) is 0 Å². The Hall–Kier alpha value is -2.71. The first-order valence-electron chi connectivity index (χ1n) is 6.24. The molecule has 21 heavy (non-hydrogen) atoms. The number of carbonyl (C=O) groups excluding carboxylic acids is 1. The van der Waals surface area contributed by atoms with E-state index in [0.717, 1.165) is 0 Å². The van der Waals surface area contributed by atoms with Crippen molar-refractivity contribution in [1.82, 2.24) is 20.8 Å². The number of amides is 2. The van der Waals surface area contributed by atoms with Gasteiger partial charge >= 0.3 is 18.0 Å². The molecule has 0 aliphatic rings. The Morgan fingerprint density at radius 2 is 2.05 bits per heavy atom. The molecule has 0 aliphatic heterocycles. The molecule has 114 valence electrons. The van der Waals surface area contributed by atoms with E-state index in [1.165, 1.54) is 6.20 Å². The maximum Gasteiger partial charge on any atom is 0.326 e. The number of nitrogens with zero attached hydrogens (tertiary/aromatic N) is 2. The number of hydrogen-bond donors (Lipinski definition) is 4. The fraction of sp³-hybridized carbons (Fsp3) is 0.417. The molecule has 1 atom stereocenters. The molecule has 2 amide bonds. The second-order valence-electron chi connectivity index (χ2n) is 4.22. The van der Waals surface area contributed by atoms with Crippen LogP contribution in [0.15, 0.2) is 18.3 Å². The zero-order chi connectivity index (χ0) is 15.7. The molecule has 0 saturated heterocycles. The number of aliphatic carboxylic acids is 2. The number of urea groups is 1. The van der Waals surface area contributed by atoms with Gasteiger partial charge in [0, 0.05) is 12.6 Å². The molecule has 4 N–H and O–H groups in total. The Morgan fingerprint density at radius 3 is 2.62 bits per heavy atom. The lowest BCUT2D eigenvalue weighted by atomic mass is 10.1. The smallest absolute Gasteiger partial charge is 0.326 e. The van der Waals surface area contributed by atoms with E-state index in [9.17, 15) is 14.4 Å². The van der Waals surface area contributed by atoms with Crippen LogP contribution in [0.4, 0.5) is 4.79 Å². The van der Waals surface area contributed by atoms with Gasteiger partial charge in [0.2, 0.25) is 0 Å². The Kier molecular flexibility index (Phi) is 6.58. The van der Waals surface area contributed by atoms with E-state index in [-0.39, 0.29) is 25.8 Å². The van der Waals surface area contributed by atoms with Crippen LogP contribution in [0.5, 0.6) is 0 Å². The van der Waals surface area contributed by atoms with Crippen molar-refractivity contribution in [2.75, 3.05) is 0 Å². The first kappa shape index (κ1) is 16.3. The highest BCUT2D eigenvalue weighted by Crippen LogP contribution is 2.02. The van der Waals surface area contributed by atoms with Gasteiger partial charge in [-0.3, -0.25) is 4.79 Å². The molecule has 1 rings (SSSR count). The van der Waals surface area contributed by atoms with Crippen molar-refractivity contribution in [3.63, 3.8) is 0 Å². The van der Waals surface area contributed by atoms with Gasteiger partial charge in [0.05, 0.1) is 12.2 Å². The van der Waals surface area contributed by atoms with E-state index >= 15 is 0 Å². The van der Waals surface area contributed by atoms with E-state index in [2.05, 4.69) is 20.8 Å². The summed E-state index contributed by atoms with van der Waals surface area (Å²) in [7, 11) is 0. The van der Waals surface area contributed by atoms with Gasteiger partial charge in [-0.25, -0.2) is 9.59 Å². The molecule has 0 aromatic carbocycles. The standard InChI is InChI=1S/C12H16N4O5/c17-10(18)5-1-4-9(11(19)20)15-12(21)13-7-8-3-2-6-14-16-8/h2-3,6,9H,1,4-5,7H2,(H,17,18)(H,19,20)(H2,13,15,21)/t9-/m1/s1. The predicted octanol–water partition coefficient (Wildman–Crippen LogP) is -0.0161. The zero-order valence-corrected chi connectivity index (χ0v) is 11.2. The second-order valence-corrected chi connectivity index (χ2v) is 4.22. The molecule has 9 nitrogen and oxygen atoms in total. The van der Waals surface area contributed by atoms with Crippen molar-refractivity contribution in [2.45, 2.75) is 31.8 Å². The van der Waals surface area contributed by atoms with Crippen LogP contribution >= 0.6 is 0 Å². The maximum absolute atomic E-state index is 11.6. The molecule has 0 aliphatic carbocycles. The molecule has 0 unspecified atom stereocenters. The molecule has 9 heteroatoms. The molecule has 1 aromatic rings. The molecular weight excluding hydrogens is 280 g/mol. The largest absolute Gasteiger partial charge is 0.481 e. The summed E-state index contributed by atoms with van der Waals surface area (Å²) in [5, 5.41) is 29.6. The predicted molar refractivity (Wildman–Crippen MR) is 70.3 cm³/mol. The molecule has 0 bridgehead atoms. The molecular formula is C12H16N4O5. The fourth-order valence-electron chi connectivity index (χ4n) is 1.52. The summed E-state index contributed by atoms with van der Waals surface area (Å²) in [6.45, 7) is 0.112. The summed E-state index contributed by atoms with van der Waals surface area (Å²) in [5.41, 5.74) is 0.533. The summed E-state index contributed by atoms with van der Waals surface area (Å²) in [6, 6.07) is 1.53. The van der Waals surface area contributed by atoms with Crippen LogP contribution in [-0.4, -0.2) is 44.4 Å². The Morgan fingerprint density at radius 1 is 1.29 bits per heavy atom. The minimum atomic E-state index is -1.21. The highest BCUT2D eigenvalue weighted by Gasteiger charge is 2.19. The quantitative estimate of drug-likeness (QED) is 0.528. The van der Waals surface area contributed by atoms with Crippen molar-refractivity contribution in [3.05, 3.63) is 24.0 Å². The third-order valence-electron chi connectivity index (χ3n) is 2.54. The van der Waals surface area contributed by atoms with Crippen LogP contribution in [-0.2, 0) is 16.1 Å². The van der Waals surface area contributed by atoms with Gasteiger partial charge in [0.25, 0.3) is 0 Å². The second kappa shape index (κ2) is 8.46. The third kappa shape index (κ3) is 6.85. The molecule has 0 saturated carbocycles. The number of carbonyl (C=O) groups is 3. The van der Waals surface area contributed by atoms with Crippen molar-refractivity contribution in [2.24, 2.45) is 0 Å². The highest BCUT2D eigenvalue weighted by molar-refractivity contribution is 5.82. The molecule has 1 heterocycles. The van der Waals surface area contributed by atoms with Crippen molar-refractivity contribution in [3.8, 4) is 0 Å². The minimum Gasteiger partial charge on any atom is -0.481 e. The van der Waals surface area contributed by atoms with Gasteiger partial charge < -0.3 is 20.8 Å². The summed E-state index contributed by atoms with van der Waals surface area (Å²) in [5.74, 6) is -2.22. The average molecular weight is 296 g/mol. The maximum atomic E-state index is 11.6. The van der Waals surface area contributed by atoms with Crippen molar-refractivity contribution in [1.29, 1.82) is 0 Å². The first-order chi connectivity index (χ1) is 9.99. The number of aromatic nitrogens is 2. The normalized spacial score (nSPS) is 11.4. The van der Waals surface area contributed by atoms with Crippen LogP contribution < -0.4 is 10.6 Å². The highest BCUT2D eigenvalue weighted by atomic mass is 16.4. The van der Waals surface area contributed by atoms with Gasteiger partial charge in [-0.05, 0) is 25.0 Å². The molecule has 0 fully saturated rings. The number of carboxylic acids is 2. The molecule has 1 aromatic heterocycles. The van der Waals surface area contributed by atoms with E-state index in [1.807, 2.05) is 0 Å². The van der Waals surface area contributed by atoms with Crippen molar-refractivity contribution >= 4 is 18.0 Å². The average Bonchev–Trinajstić information content (AvgIpc) is 2.44. The van der Waals surface area contributed by atoms with E-state index in [4.69, 9.17) is 10.2 Å². The fourth-order valence-corrected chi connectivity index (χ4v) is 1.52. The number of carboxylic acid groups (broad SMARTS) is 2. The lowest BCUT2D eigenvalue weighted by molar-refractivity contribution is -0.140. The van der Waals surface area contributed by atoms with Crippen LogP contribution in [0.2, 0.25) is 0 Å². The van der Waals surface area contributed by atoms with Gasteiger partial charge in [-0.1, -0.05) is 0 Å². The SMILES string of the molecule is O=C(O)CCC[C@@H](NC(=O)NCc1cccnn1)C(=O)O. The van der Waals surface area contributed by atoms with E-state index in [0.29, 0.717) is 5.69 Å². The van der Waals surface area contributed by atoms with E-state index in [1.54, 1.807) is 12.1 Å². The van der Waals surface area contributed by atoms with Gasteiger partial charge in [-0.2, -0.15) is 10.2 Å². The lowest BCUT2D eigenvalue weighted by Gasteiger charge is -2.14. The van der Waals surface area contributed by atoms with Crippen molar-refractivity contribution < 1.29 is 24.6 Å². The number of hydrogen-bond acceptors (Lipinski definition) is 5. The van der Waals surface area contributed by atoms with Gasteiger partial charge in [-0.15, -0.1) is 0 Å². The summed E-state index contributed by atoms with van der Waals surface area (Å²) in [6.07, 6.45) is 1.55. The van der Waals surface area contributed by atoms with E-state index < -0.39 is 24.0 Å². The van der Waals surface area contributed by atoms with Gasteiger partial charge in [0.15, 0.2) is 0 Å². The first-order valence-corrected chi connectivity index (χ1v) is 6.24. The zero-order valence-electron chi connectivity index (χ0n) is 11.2. The number of nitrogens with one attached hydrogen (secondary N) is 2. The topological polar surface area (TPSA) is 142 Å². The third-order valence-corrected chi connectivity index (χ3v) is 2.54. The Balaban J connectivity index is 2.38. The monoisotopic (exact) mass is 296 g/mol. The molecule has 0 spiro atoms. The van der Waals surface area contributed by atoms with Crippen LogP contribution in [0.1, 0.15) is 25.0 Å².